The SMILES string of the molecule is O[C@H]1CCCC[C@@H]1N1CCN(CC2CC2)CC1. The fraction of sp³-hybridized carbons (Fsp3) is 1.00. The Bertz CT molecular complexity index is 247. The quantitative estimate of drug-likeness (QED) is 0.803. The molecule has 0 bridgehead atoms. The van der Waals surface area contributed by atoms with Crippen LogP contribution in [0.15, 0.2) is 0 Å². The zero-order chi connectivity index (χ0) is 11.7. The molecule has 17 heavy (non-hydrogen) atoms. The third-order valence-corrected chi connectivity index (χ3v) is 4.78. The van der Waals surface area contributed by atoms with E-state index in [1.807, 2.05) is 0 Å². The lowest BCUT2D eigenvalue weighted by Gasteiger charge is -2.42. The molecule has 0 radical (unpaired) electrons. The first-order chi connectivity index (χ1) is 8.33. The molecule has 3 fully saturated rings. The number of hydrogen-bond donors (Lipinski definition) is 1. The van der Waals surface area contributed by atoms with Crippen molar-refractivity contribution in [2.24, 2.45) is 5.92 Å². The monoisotopic (exact) mass is 238 g/mol. The Hall–Kier alpha value is -0.120. The third kappa shape index (κ3) is 3.01. The summed E-state index contributed by atoms with van der Waals surface area (Å²) < 4.78 is 0. The van der Waals surface area contributed by atoms with Crippen LogP contribution < -0.4 is 0 Å². The molecule has 2 saturated carbocycles. The second-order valence-corrected chi connectivity index (χ2v) is 6.20. The average molecular weight is 238 g/mol. The van der Waals surface area contributed by atoms with Gasteiger partial charge in [-0.3, -0.25) is 4.90 Å². The Labute approximate surface area is 105 Å². The van der Waals surface area contributed by atoms with Crippen LogP contribution in [0.2, 0.25) is 0 Å². The Balaban J connectivity index is 1.46. The van der Waals surface area contributed by atoms with E-state index in [-0.39, 0.29) is 6.10 Å². The first kappa shape index (κ1) is 11.9. The summed E-state index contributed by atoms with van der Waals surface area (Å²) >= 11 is 0. The van der Waals surface area contributed by atoms with Gasteiger partial charge < -0.3 is 10.0 Å². The van der Waals surface area contributed by atoms with E-state index in [4.69, 9.17) is 0 Å². The number of rotatable bonds is 3. The topological polar surface area (TPSA) is 26.7 Å². The highest BCUT2D eigenvalue weighted by molar-refractivity contribution is 4.87. The summed E-state index contributed by atoms with van der Waals surface area (Å²) in [5, 5.41) is 10.1. The van der Waals surface area contributed by atoms with Crippen LogP contribution in [0.4, 0.5) is 0 Å². The molecule has 1 aliphatic heterocycles. The molecule has 2 aliphatic carbocycles. The standard InChI is InChI=1S/C14H26N2O/c17-14-4-2-1-3-13(14)16-9-7-15(8-10-16)11-12-5-6-12/h12-14,17H,1-11H2/t13-,14-/m0/s1. The molecular weight excluding hydrogens is 212 g/mol. The molecule has 1 saturated heterocycles. The maximum absolute atomic E-state index is 10.1. The van der Waals surface area contributed by atoms with Crippen molar-refractivity contribution in [3.05, 3.63) is 0 Å². The predicted molar refractivity (Wildman–Crippen MR) is 69.0 cm³/mol. The Morgan fingerprint density at radius 1 is 0.882 bits per heavy atom. The van der Waals surface area contributed by atoms with Gasteiger partial charge in [0.1, 0.15) is 0 Å². The molecule has 0 unspecified atom stereocenters. The van der Waals surface area contributed by atoms with Gasteiger partial charge >= 0.3 is 0 Å². The summed E-state index contributed by atoms with van der Waals surface area (Å²) in [5.41, 5.74) is 0. The van der Waals surface area contributed by atoms with Gasteiger partial charge in [0.25, 0.3) is 0 Å². The van der Waals surface area contributed by atoms with E-state index >= 15 is 0 Å². The fourth-order valence-electron chi connectivity index (χ4n) is 3.46. The van der Waals surface area contributed by atoms with E-state index in [0.717, 1.165) is 12.3 Å². The van der Waals surface area contributed by atoms with E-state index in [0.29, 0.717) is 6.04 Å². The van der Waals surface area contributed by atoms with Crippen molar-refractivity contribution < 1.29 is 5.11 Å². The lowest BCUT2D eigenvalue weighted by molar-refractivity contribution is -0.00409. The van der Waals surface area contributed by atoms with Crippen LogP contribution >= 0.6 is 0 Å². The third-order valence-electron chi connectivity index (χ3n) is 4.78. The summed E-state index contributed by atoms with van der Waals surface area (Å²) in [7, 11) is 0. The Morgan fingerprint density at radius 2 is 1.59 bits per heavy atom. The average Bonchev–Trinajstić information content (AvgIpc) is 3.15. The normalized spacial score (nSPS) is 37.2. The summed E-state index contributed by atoms with van der Waals surface area (Å²) in [5.74, 6) is 1.02. The summed E-state index contributed by atoms with van der Waals surface area (Å²) in [6.07, 6.45) is 7.63. The van der Waals surface area contributed by atoms with Gasteiger partial charge in [-0.1, -0.05) is 12.8 Å². The smallest absolute Gasteiger partial charge is 0.0695 e. The molecule has 1 heterocycles. The summed E-state index contributed by atoms with van der Waals surface area (Å²) in [6, 6.07) is 0.465. The van der Waals surface area contributed by atoms with E-state index in [2.05, 4.69) is 9.80 Å². The molecule has 98 valence electrons. The van der Waals surface area contributed by atoms with Gasteiger partial charge in [0.05, 0.1) is 6.10 Å². The zero-order valence-corrected chi connectivity index (χ0v) is 10.9. The molecular formula is C14H26N2O. The molecule has 3 aliphatic rings. The van der Waals surface area contributed by atoms with Crippen molar-refractivity contribution in [2.45, 2.75) is 50.7 Å². The van der Waals surface area contributed by atoms with Gasteiger partial charge in [0.15, 0.2) is 0 Å². The lowest BCUT2D eigenvalue weighted by Crippen LogP contribution is -2.54. The molecule has 0 aromatic carbocycles. The summed E-state index contributed by atoms with van der Waals surface area (Å²) in [4.78, 5) is 5.18. The Kier molecular flexibility index (Phi) is 3.69. The van der Waals surface area contributed by atoms with Crippen molar-refractivity contribution in [1.29, 1.82) is 0 Å². The zero-order valence-electron chi connectivity index (χ0n) is 10.9. The fourth-order valence-corrected chi connectivity index (χ4v) is 3.46. The maximum atomic E-state index is 10.1. The molecule has 3 rings (SSSR count). The predicted octanol–water partition coefficient (Wildman–Crippen LogP) is 1.32. The van der Waals surface area contributed by atoms with Crippen molar-refractivity contribution in [3.63, 3.8) is 0 Å². The van der Waals surface area contributed by atoms with Crippen LogP contribution in [0.3, 0.4) is 0 Å². The van der Waals surface area contributed by atoms with Crippen molar-refractivity contribution in [3.8, 4) is 0 Å². The maximum Gasteiger partial charge on any atom is 0.0695 e. The van der Waals surface area contributed by atoms with Gasteiger partial charge in [0.2, 0.25) is 0 Å². The van der Waals surface area contributed by atoms with E-state index in [9.17, 15) is 5.11 Å². The number of piperazine rings is 1. The first-order valence-electron chi connectivity index (χ1n) is 7.47. The minimum absolute atomic E-state index is 0.0567. The Morgan fingerprint density at radius 3 is 2.24 bits per heavy atom. The number of aliphatic hydroxyl groups excluding tert-OH is 1. The minimum Gasteiger partial charge on any atom is -0.391 e. The second-order valence-electron chi connectivity index (χ2n) is 6.20. The largest absolute Gasteiger partial charge is 0.391 e. The van der Waals surface area contributed by atoms with E-state index in [1.54, 1.807) is 0 Å². The summed E-state index contributed by atoms with van der Waals surface area (Å²) in [6.45, 7) is 6.13. The van der Waals surface area contributed by atoms with Crippen LogP contribution in [-0.2, 0) is 0 Å². The van der Waals surface area contributed by atoms with Gasteiger partial charge in [-0.15, -0.1) is 0 Å². The molecule has 2 atom stereocenters. The molecule has 0 spiro atoms. The second kappa shape index (κ2) is 5.25. The van der Waals surface area contributed by atoms with Gasteiger partial charge in [-0.2, -0.15) is 0 Å². The minimum atomic E-state index is -0.0567. The lowest BCUT2D eigenvalue weighted by atomic mass is 9.91. The highest BCUT2D eigenvalue weighted by atomic mass is 16.3. The molecule has 1 N–H and O–H groups in total. The first-order valence-corrected chi connectivity index (χ1v) is 7.47. The molecule has 3 nitrogen and oxygen atoms in total. The number of nitrogens with zero attached hydrogens (tertiary/aromatic N) is 2. The van der Waals surface area contributed by atoms with E-state index in [1.165, 1.54) is 64.8 Å². The van der Waals surface area contributed by atoms with Gasteiger partial charge in [-0.25, -0.2) is 0 Å². The van der Waals surface area contributed by atoms with Gasteiger partial charge in [0, 0.05) is 38.8 Å². The van der Waals surface area contributed by atoms with Crippen LogP contribution in [-0.4, -0.2) is 59.8 Å². The van der Waals surface area contributed by atoms with Crippen LogP contribution in [0.5, 0.6) is 0 Å². The highest BCUT2D eigenvalue weighted by Crippen LogP contribution is 2.30. The van der Waals surface area contributed by atoms with E-state index < -0.39 is 0 Å². The van der Waals surface area contributed by atoms with Crippen molar-refractivity contribution >= 4 is 0 Å². The van der Waals surface area contributed by atoms with Crippen LogP contribution in [0, 0.1) is 5.92 Å². The van der Waals surface area contributed by atoms with Crippen molar-refractivity contribution in [2.75, 3.05) is 32.7 Å². The molecule has 0 amide bonds. The van der Waals surface area contributed by atoms with Crippen LogP contribution in [0.1, 0.15) is 38.5 Å². The van der Waals surface area contributed by atoms with Gasteiger partial charge in [-0.05, 0) is 31.6 Å². The molecule has 0 aromatic heterocycles. The van der Waals surface area contributed by atoms with Crippen LogP contribution in [0.25, 0.3) is 0 Å². The van der Waals surface area contributed by atoms with Crippen molar-refractivity contribution in [1.82, 2.24) is 9.80 Å². The highest BCUT2D eigenvalue weighted by Gasteiger charge is 2.32. The number of aliphatic hydroxyl groups is 1. The molecule has 0 aromatic rings. The number of hydrogen-bond acceptors (Lipinski definition) is 3. The molecule has 3 heteroatoms.